The van der Waals surface area contributed by atoms with Gasteiger partial charge >= 0.3 is 6.09 Å². The molecule has 2 unspecified atom stereocenters. The molecule has 0 N–H and O–H groups in total. The first-order valence-electron chi connectivity index (χ1n) is 10.1. The second-order valence-electron chi connectivity index (χ2n) is 8.63. The fraction of sp³-hybridized carbons (Fsp3) is 0.667. The topological polar surface area (TPSA) is 42.0 Å². The number of likely N-dealkylation sites (tertiary alicyclic amines) is 1. The van der Waals surface area contributed by atoms with Crippen molar-refractivity contribution in [3.8, 4) is 5.75 Å². The number of halogens is 1. The molecule has 27 heavy (non-hydrogen) atoms. The average Bonchev–Trinajstić information content (AvgIpc) is 3.16. The summed E-state index contributed by atoms with van der Waals surface area (Å²) >= 11 is 0. The molecule has 1 spiro atoms. The lowest BCUT2D eigenvalue weighted by Gasteiger charge is -2.46. The molecule has 5 rings (SSSR count). The van der Waals surface area contributed by atoms with E-state index >= 15 is 0 Å². The quantitative estimate of drug-likeness (QED) is 0.756. The van der Waals surface area contributed by atoms with Crippen molar-refractivity contribution in [1.82, 2.24) is 9.80 Å². The number of hydrogen-bond donors (Lipinski definition) is 0. The van der Waals surface area contributed by atoms with E-state index in [1.165, 1.54) is 13.2 Å². The maximum atomic E-state index is 13.8. The van der Waals surface area contributed by atoms with E-state index in [-0.39, 0.29) is 17.3 Å². The number of fused-ring (bicyclic) bond motifs is 4. The Morgan fingerprint density at radius 3 is 2.56 bits per heavy atom. The van der Waals surface area contributed by atoms with E-state index in [2.05, 4.69) is 4.90 Å². The molecule has 146 valence electrons. The molecular weight excluding hydrogens is 347 g/mol. The van der Waals surface area contributed by atoms with Gasteiger partial charge < -0.3 is 19.3 Å². The summed E-state index contributed by atoms with van der Waals surface area (Å²) in [6, 6.07) is 6.11. The maximum absolute atomic E-state index is 13.8. The van der Waals surface area contributed by atoms with Gasteiger partial charge in [0.15, 0.2) is 0 Å². The van der Waals surface area contributed by atoms with Crippen LogP contribution in [-0.2, 0) is 10.2 Å². The van der Waals surface area contributed by atoms with E-state index < -0.39 is 0 Å². The summed E-state index contributed by atoms with van der Waals surface area (Å²) in [5.74, 6) is 0.682. The summed E-state index contributed by atoms with van der Waals surface area (Å²) in [5.41, 5.74) is 1.03. The Morgan fingerprint density at radius 1 is 1.19 bits per heavy atom. The van der Waals surface area contributed by atoms with Crippen molar-refractivity contribution in [3.05, 3.63) is 29.6 Å². The molecule has 4 aliphatic rings. The third-order valence-corrected chi connectivity index (χ3v) is 7.38. The molecule has 0 saturated carbocycles. The van der Waals surface area contributed by atoms with Gasteiger partial charge in [-0.25, -0.2) is 9.18 Å². The van der Waals surface area contributed by atoms with E-state index in [0.717, 1.165) is 62.9 Å². The number of methoxy groups -OCH3 is 1. The van der Waals surface area contributed by atoms with Crippen molar-refractivity contribution in [2.24, 2.45) is 0 Å². The summed E-state index contributed by atoms with van der Waals surface area (Å²) in [6.45, 7) is 2.70. The smallest absolute Gasteiger partial charge is 0.409 e. The Bertz CT molecular complexity index is 733. The molecule has 0 radical (unpaired) electrons. The first-order chi connectivity index (χ1) is 13.1. The number of piperidine rings is 2. The zero-order valence-corrected chi connectivity index (χ0v) is 15.8. The van der Waals surface area contributed by atoms with Crippen LogP contribution in [-0.4, -0.2) is 60.8 Å². The van der Waals surface area contributed by atoms with Gasteiger partial charge in [-0.1, -0.05) is 0 Å². The fourth-order valence-electron chi connectivity index (χ4n) is 5.92. The minimum atomic E-state index is -0.173. The summed E-state index contributed by atoms with van der Waals surface area (Å²) in [4.78, 5) is 16.6. The van der Waals surface area contributed by atoms with Crippen LogP contribution in [0.1, 0.15) is 44.1 Å². The summed E-state index contributed by atoms with van der Waals surface area (Å²) in [6.07, 6.45) is 6.12. The van der Waals surface area contributed by atoms with Gasteiger partial charge in [0.05, 0.1) is 13.7 Å². The van der Waals surface area contributed by atoms with Crippen LogP contribution in [0.2, 0.25) is 0 Å². The molecule has 4 aliphatic heterocycles. The number of carbonyl (C=O) groups excluding carboxylic acids is 1. The molecule has 3 saturated heterocycles. The van der Waals surface area contributed by atoms with E-state index in [1.807, 2.05) is 4.90 Å². The van der Waals surface area contributed by atoms with Crippen molar-refractivity contribution in [1.29, 1.82) is 0 Å². The van der Waals surface area contributed by atoms with Gasteiger partial charge in [-0.15, -0.1) is 0 Å². The first-order valence-corrected chi connectivity index (χ1v) is 10.1. The Hall–Kier alpha value is -1.82. The molecule has 0 aromatic heterocycles. The zero-order valence-electron chi connectivity index (χ0n) is 15.8. The minimum Gasteiger partial charge on any atom is -0.492 e. The van der Waals surface area contributed by atoms with Crippen LogP contribution in [0, 0.1) is 5.82 Å². The largest absolute Gasteiger partial charge is 0.492 e. The average molecular weight is 374 g/mol. The van der Waals surface area contributed by atoms with Crippen LogP contribution in [0.3, 0.4) is 0 Å². The number of amides is 1. The highest BCUT2D eigenvalue weighted by Gasteiger charge is 2.48. The lowest BCUT2D eigenvalue weighted by Crippen LogP contribution is -2.55. The molecule has 2 atom stereocenters. The number of nitrogens with zero attached hydrogens (tertiary/aromatic N) is 2. The molecule has 1 aromatic carbocycles. The zero-order chi connectivity index (χ0) is 18.6. The summed E-state index contributed by atoms with van der Waals surface area (Å²) in [5, 5.41) is 0. The second-order valence-corrected chi connectivity index (χ2v) is 8.63. The predicted molar refractivity (Wildman–Crippen MR) is 98.5 cm³/mol. The predicted octanol–water partition coefficient (Wildman–Crippen LogP) is 3.31. The van der Waals surface area contributed by atoms with Crippen molar-refractivity contribution in [2.45, 2.75) is 62.1 Å². The number of benzene rings is 1. The highest BCUT2D eigenvalue weighted by molar-refractivity contribution is 5.69. The lowest BCUT2D eigenvalue weighted by molar-refractivity contribution is 0.0292. The van der Waals surface area contributed by atoms with E-state index in [0.29, 0.717) is 24.7 Å². The highest BCUT2D eigenvalue weighted by Crippen LogP contribution is 2.47. The van der Waals surface area contributed by atoms with Gasteiger partial charge in [0.25, 0.3) is 0 Å². The number of carbonyl (C=O) groups is 1. The van der Waals surface area contributed by atoms with E-state index in [9.17, 15) is 9.18 Å². The molecule has 6 heteroatoms. The van der Waals surface area contributed by atoms with Crippen LogP contribution in [0.4, 0.5) is 9.18 Å². The molecule has 4 heterocycles. The molecule has 2 bridgehead atoms. The van der Waals surface area contributed by atoms with Crippen LogP contribution < -0.4 is 4.74 Å². The lowest BCUT2D eigenvalue weighted by atomic mass is 9.74. The highest BCUT2D eigenvalue weighted by atomic mass is 19.1. The summed E-state index contributed by atoms with van der Waals surface area (Å²) < 4.78 is 24.7. The second kappa shape index (κ2) is 6.36. The van der Waals surface area contributed by atoms with Crippen LogP contribution >= 0.6 is 0 Å². The Labute approximate surface area is 159 Å². The summed E-state index contributed by atoms with van der Waals surface area (Å²) in [7, 11) is 1.47. The number of hydrogen-bond acceptors (Lipinski definition) is 4. The Balaban J connectivity index is 1.27. The normalized spacial score (nSPS) is 31.6. The van der Waals surface area contributed by atoms with Crippen LogP contribution in [0.25, 0.3) is 0 Å². The minimum absolute atomic E-state index is 0.0281. The number of ether oxygens (including phenoxy) is 2. The van der Waals surface area contributed by atoms with Crippen LogP contribution in [0.15, 0.2) is 18.2 Å². The standard InChI is InChI=1S/C21H27FN2O3/c1-26-20(25)24-15-3-4-16(24)12-17(11-15)23-8-6-21(7-9-23)13-27-19-5-2-14(22)10-18(19)21/h2,5,10,15-17H,3-4,6-9,11-13H2,1H3. The van der Waals surface area contributed by atoms with Gasteiger partial charge in [0, 0.05) is 29.1 Å². The molecule has 3 fully saturated rings. The van der Waals surface area contributed by atoms with Gasteiger partial charge in [-0.2, -0.15) is 0 Å². The molecule has 5 nitrogen and oxygen atoms in total. The Kier molecular flexibility index (Phi) is 4.08. The van der Waals surface area contributed by atoms with Crippen molar-refractivity contribution in [2.75, 3.05) is 26.8 Å². The third kappa shape index (κ3) is 2.72. The SMILES string of the molecule is COC(=O)N1C2CCC1CC(N1CCC3(CC1)COc1ccc(F)cc13)C2. The number of rotatable bonds is 1. The van der Waals surface area contributed by atoms with Gasteiger partial charge in [0.2, 0.25) is 0 Å². The van der Waals surface area contributed by atoms with Gasteiger partial charge in [0.1, 0.15) is 11.6 Å². The molecule has 1 aromatic rings. The van der Waals surface area contributed by atoms with Crippen LogP contribution in [0.5, 0.6) is 5.75 Å². The Morgan fingerprint density at radius 2 is 1.89 bits per heavy atom. The van der Waals surface area contributed by atoms with Crippen molar-refractivity contribution in [3.63, 3.8) is 0 Å². The van der Waals surface area contributed by atoms with Gasteiger partial charge in [-0.05, 0) is 69.8 Å². The first kappa shape index (κ1) is 17.3. The maximum Gasteiger partial charge on any atom is 0.409 e. The molecule has 1 amide bonds. The monoisotopic (exact) mass is 374 g/mol. The van der Waals surface area contributed by atoms with E-state index in [1.54, 1.807) is 12.1 Å². The van der Waals surface area contributed by atoms with E-state index in [4.69, 9.17) is 9.47 Å². The molecular formula is C21H27FN2O3. The molecule has 0 aliphatic carbocycles. The van der Waals surface area contributed by atoms with Crippen molar-refractivity contribution >= 4 is 6.09 Å². The van der Waals surface area contributed by atoms with Gasteiger partial charge in [-0.3, -0.25) is 0 Å². The third-order valence-electron chi connectivity index (χ3n) is 7.38. The van der Waals surface area contributed by atoms with Crippen molar-refractivity contribution < 1.29 is 18.7 Å². The fourth-order valence-corrected chi connectivity index (χ4v) is 5.92.